The van der Waals surface area contributed by atoms with Crippen LogP contribution in [0, 0.1) is 5.92 Å². The van der Waals surface area contributed by atoms with Crippen molar-refractivity contribution in [1.29, 1.82) is 0 Å². The highest BCUT2D eigenvalue weighted by atomic mass is 35.5. The molecule has 1 saturated carbocycles. The number of carbonyl (C=O) groups excluding carboxylic acids is 1. The first kappa shape index (κ1) is 10.3. The molecule has 1 aromatic rings. The van der Waals surface area contributed by atoms with Gasteiger partial charge in [0, 0.05) is 17.3 Å². The molecule has 0 unspecified atom stereocenters. The van der Waals surface area contributed by atoms with Gasteiger partial charge in [-0.2, -0.15) is 0 Å². The number of rotatable bonds is 3. The number of halogens is 1. The van der Waals surface area contributed by atoms with Crippen molar-refractivity contribution in [2.24, 2.45) is 5.92 Å². The van der Waals surface area contributed by atoms with E-state index in [1.54, 1.807) is 18.2 Å². The van der Waals surface area contributed by atoms with Gasteiger partial charge in [-0.05, 0) is 37.0 Å². The maximum Gasteiger partial charge on any atom is 0.253 e. The normalized spacial score (nSPS) is 15.0. The predicted molar refractivity (Wildman–Crippen MR) is 60.9 cm³/mol. The summed E-state index contributed by atoms with van der Waals surface area (Å²) in [6, 6.07) is 4.91. The van der Waals surface area contributed by atoms with E-state index in [1.165, 1.54) is 12.8 Å². The second-order valence-corrected chi connectivity index (χ2v) is 4.32. The van der Waals surface area contributed by atoms with E-state index in [0.717, 1.165) is 6.54 Å². The molecule has 0 saturated heterocycles. The van der Waals surface area contributed by atoms with E-state index in [9.17, 15) is 4.79 Å². The van der Waals surface area contributed by atoms with E-state index in [1.807, 2.05) is 0 Å². The van der Waals surface area contributed by atoms with Gasteiger partial charge in [0.25, 0.3) is 5.91 Å². The fourth-order valence-corrected chi connectivity index (χ4v) is 1.58. The zero-order valence-corrected chi connectivity index (χ0v) is 9.05. The van der Waals surface area contributed by atoms with Crippen molar-refractivity contribution in [1.82, 2.24) is 5.32 Å². The lowest BCUT2D eigenvalue weighted by Gasteiger charge is -2.06. The van der Waals surface area contributed by atoms with Gasteiger partial charge < -0.3 is 11.1 Å². The summed E-state index contributed by atoms with van der Waals surface area (Å²) in [5.41, 5.74) is 6.63. The van der Waals surface area contributed by atoms with Crippen LogP contribution in [0.4, 0.5) is 5.69 Å². The summed E-state index contributed by atoms with van der Waals surface area (Å²) in [7, 11) is 0. The lowest BCUT2D eigenvalue weighted by Crippen LogP contribution is -2.26. The van der Waals surface area contributed by atoms with E-state index >= 15 is 0 Å². The van der Waals surface area contributed by atoms with Crippen LogP contribution in [0.2, 0.25) is 5.02 Å². The zero-order valence-electron chi connectivity index (χ0n) is 8.29. The molecule has 1 fully saturated rings. The van der Waals surface area contributed by atoms with Gasteiger partial charge in [-0.3, -0.25) is 4.79 Å². The minimum atomic E-state index is -0.115. The van der Waals surface area contributed by atoms with Gasteiger partial charge in [-0.15, -0.1) is 0 Å². The van der Waals surface area contributed by atoms with Crippen LogP contribution in [0.1, 0.15) is 23.2 Å². The Morgan fingerprint density at radius 1 is 1.53 bits per heavy atom. The first-order valence-corrected chi connectivity index (χ1v) is 5.38. The van der Waals surface area contributed by atoms with Crippen LogP contribution in [-0.4, -0.2) is 12.5 Å². The summed E-state index contributed by atoms with van der Waals surface area (Å²) in [6.07, 6.45) is 2.44. The molecule has 1 amide bonds. The number of nitrogens with one attached hydrogen (secondary N) is 1. The topological polar surface area (TPSA) is 55.1 Å². The van der Waals surface area contributed by atoms with Crippen LogP contribution in [0.3, 0.4) is 0 Å². The van der Waals surface area contributed by atoms with Gasteiger partial charge in [0.1, 0.15) is 0 Å². The Labute approximate surface area is 93.6 Å². The fraction of sp³-hybridized carbons (Fsp3) is 0.364. The predicted octanol–water partition coefficient (Wildman–Crippen LogP) is 2.06. The second-order valence-electron chi connectivity index (χ2n) is 3.88. The first-order chi connectivity index (χ1) is 7.16. The van der Waals surface area contributed by atoms with Crippen molar-refractivity contribution < 1.29 is 4.79 Å². The van der Waals surface area contributed by atoms with Gasteiger partial charge in [-0.1, -0.05) is 11.6 Å². The van der Waals surface area contributed by atoms with E-state index in [2.05, 4.69) is 5.32 Å². The minimum Gasteiger partial charge on any atom is -0.398 e. The molecule has 2 rings (SSSR count). The monoisotopic (exact) mass is 224 g/mol. The lowest BCUT2D eigenvalue weighted by molar-refractivity contribution is 0.0952. The fourth-order valence-electron chi connectivity index (χ4n) is 1.39. The summed E-state index contributed by atoms with van der Waals surface area (Å²) in [6.45, 7) is 0.751. The van der Waals surface area contributed by atoms with Crippen LogP contribution in [0.15, 0.2) is 18.2 Å². The molecule has 0 heterocycles. The number of carbonyl (C=O) groups is 1. The molecular weight excluding hydrogens is 212 g/mol. The Morgan fingerprint density at radius 3 is 2.87 bits per heavy atom. The highest BCUT2D eigenvalue weighted by Gasteiger charge is 2.22. The largest absolute Gasteiger partial charge is 0.398 e. The minimum absolute atomic E-state index is 0.115. The Kier molecular flexibility index (Phi) is 2.82. The molecule has 3 N–H and O–H groups in total. The molecule has 80 valence electrons. The average molecular weight is 225 g/mol. The van der Waals surface area contributed by atoms with Crippen molar-refractivity contribution >= 4 is 23.2 Å². The average Bonchev–Trinajstić information content (AvgIpc) is 2.97. The Balaban J connectivity index is 2.03. The number of nitrogen functional groups attached to an aromatic ring is 1. The summed E-state index contributed by atoms with van der Waals surface area (Å²) in [5, 5.41) is 3.41. The number of amides is 1. The first-order valence-electron chi connectivity index (χ1n) is 5.00. The van der Waals surface area contributed by atoms with Crippen LogP contribution in [0.25, 0.3) is 0 Å². The molecule has 1 aliphatic carbocycles. The zero-order chi connectivity index (χ0) is 10.8. The van der Waals surface area contributed by atoms with E-state index in [4.69, 9.17) is 17.3 Å². The van der Waals surface area contributed by atoms with Crippen molar-refractivity contribution in [2.75, 3.05) is 12.3 Å². The third-order valence-corrected chi connectivity index (χ3v) is 2.74. The molecule has 0 atom stereocenters. The molecule has 0 spiro atoms. The SMILES string of the molecule is Nc1cc(Cl)ccc1C(=O)NCC1CC1. The molecule has 4 heteroatoms. The summed E-state index contributed by atoms with van der Waals surface area (Å²) >= 11 is 5.75. The van der Waals surface area contributed by atoms with Crippen LogP contribution >= 0.6 is 11.6 Å². The Morgan fingerprint density at radius 2 is 2.27 bits per heavy atom. The van der Waals surface area contributed by atoms with Crippen molar-refractivity contribution in [3.05, 3.63) is 28.8 Å². The van der Waals surface area contributed by atoms with Crippen molar-refractivity contribution in [2.45, 2.75) is 12.8 Å². The summed E-state index contributed by atoms with van der Waals surface area (Å²) < 4.78 is 0. The molecule has 15 heavy (non-hydrogen) atoms. The molecule has 0 radical (unpaired) electrons. The van der Waals surface area contributed by atoms with Gasteiger partial charge in [0.2, 0.25) is 0 Å². The van der Waals surface area contributed by atoms with Crippen molar-refractivity contribution in [3.63, 3.8) is 0 Å². The maximum absolute atomic E-state index is 11.7. The van der Waals surface area contributed by atoms with Crippen LogP contribution in [-0.2, 0) is 0 Å². The van der Waals surface area contributed by atoms with Gasteiger partial charge in [-0.25, -0.2) is 0 Å². The quantitative estimate of drug-likeness (QED) is 0.773. The molecule has 3 nitrogen and oxygen atoms in total. The van der Waals surface area contributed by atoms with Gasteiger partial charge >= 0.3 is 0 Å². The number of benzene rings is 1. The number of anilines is 1. The smallest absolute Gasteiger partial charge is 0.253 e. The van der Waals surface area contributed by atoms with E-state index in [0.29, 0.717) is 22.2 Å². The Hall–Kier alpha value is -1.22. The molecular formula is C11H13ClN2O. The third kappa shape index (κ3) is 2.63. The van der Waals surface area contributed by atoms with E-state index < -0.39 is 0 Å². The van der Waals surface area contributed by atoms with Gasteiger partial charge in [0.15, 0.2) is 0 Å². The molecule has 0 aromatic heterocycles. The van der Waals surface area contributed by atoms with Crippen molar-refractivity contribution in [3.8, 4) is 0 Å². The highest BCUT2D eigenvalue weighted by Crippen LogP contribution is 2.27. The standard InChI is InChI=1S/C11H13ClN2O/c12-8-3-4-9(10(13)5-8)11(15)14-6-7-1-2-7/h3-5,7H,1-2,6,13H2,(H,14,15). The number of hydrogen-bond donors (Lipinski definition) is 2. The van der Waals surface area contributed by atoms with E-state index in [-0.39, 0.29) is 5.91 Å². The van der Waals surface area contributed by atoms with Crippen LogP contribution < -0.4 is 11.1 Å². The summed E-state index contributed by atoms with van der Waals surface area (Å²) in [4.78, 5) is 11.7. The second kappa shape index (κ2) is 4.11. The van der Waals surface area contributed by atoms with Gasteiger partial charge in [0.05, 0.1) is 5.56 Å². The third-order valence-electron chi connectivity index (χ3n) is 2.51. The number of nitrogens with two attached hydrogens (primary N) is 1. The summed E-state index contributed by atoms with van der Waals surface area (Å²) in [5.74, 6) is 0.554. The molecule has 1 aromatic carbocycles. The lowest BCUT2D eigenvalue weighted by atomic mass is 10.1. The molecule has 1 aliphatic rings. The maximum atomic E-state index is 11.7. The number of hydrogen-bond acceptors (Lipinski definition) is 2. The highest BCUT2D eigenvalue weighted by molar-refractivity contribution is 6.31. The molecule has 0 bridgehead atoms. The Bertz CT molecular complexity index is 388. The molecule has 0 aliphatic heterocycles. The van der Waals surface area contributed by atoms with Crippen LogP contribution in [0.5, 0.6) is 0 Å².